The molecule has 144 valence electrons. The van der Waals surface area contributed by atoms with Crippen LogP contribution in [0.25, 0.3) is 10.6 Å². The van der Waals surface area contributed by atoms with Gasteiger partial charge >= 0.3 is 0 Å². The molecule has 0 fully saturated rings. The van der Waals surface area contributed by atoms with Crippen LogP contribution in [-0.2, 0) is 0 Å². The van der Waals surface area contributed by atoms with Crippen molar-refractivity contribution >= 4 is 28.8 Å². The van der Waals surface area contributed by atoms with Crippen LogP contribution in [0.5, 0.6) is 0 Å². The Balaban J connectivity index is 1.81. The van der Waals surface area contributed by atoms with E-state index >= 15 is 0 Å². The van der Waals surface area contributed by atoms with Crippen molar-refractivity contribution < 1.29 is 9.59 Å². The first-order chi connectivity index (χ1) is 13.5. The molecule has 3 aromatic rings. The summed E-state index contributed by atoms with van der Waals surface area (Å²) in [5.41, 5.74) is 2.58. The van der Waals surface area contributed by atoms with Gasteiger partial charge in [0.1, 0.15) is 9.88 Å². The molecule has 2 aromatic carbocycles. The van der Waals surface area contributed by atoms with E-state index < -0.39 is 0 Å². The molecule has 0 saturated heterocycles. The van der Waals surface area contributed by atoms with Crippen LogP contribution in [0.3, 0.4) is 0 Å². The molecule has 0 bridgehead atoms. The Kier molecular flexibility index (Phi) is 6.21. The summed E-state index contributed by atoms with van der Waals surface area (Å²) in [6.07, 6.45) is 0. The summed E-state index contributed by atoms with van der Waals surface area (Å²) in [6.45, 7) is 6.46. The Morgan fingerprint density at radius 3 is 2.39 bits per heavy atom. The Labute approximate surface area is 168 Å². The van der Waals surface area contributed by atoms with Gasteiger partial charge in [0, 0.05) is 12.1 Å². The zero-order chi connectivity index (χ0) is 20.1. The number of nitrogens with zero attached hydrogens (tertiary/aromatic N) is 1. The number of hydrogen-bond donors (Lipinski definition) is 2. The van der Waals surface area contributed by atoms with Crippen LogP contribution in [0.4, 0.5) is 5.69 Å². The third-order valence-corrected chi connectivity index (χ3v) is 5.32. The van der Waals surface area contributed by atoms with Gasteiger partial charge in [-0.25, -0.2) is 4.98 Å². The Bertz CT molecular complexity index is 980. The second-order valence-corrected chi connectivity index (χ2v) is 7.90. The topological polar surface area (TPSA) is 71.1 Å². The van der Waals surface area contributed by atoms with Crippen molar-refractivity contribution in [2.75, 3.05) is 11.9 Å². The molecule has 5 nitrogen and oxygen atoms in total. The average Bonchev–Trinajstić information content (AvgIpc) is 3.09. The predicted octanol–water partition coefficient (Wildman–Crippen LogP) is 4.76. The third-order valence-electron chi connectivity index (χ3n) is 4.11. The maximum absolute atomic E-state index is 12.8. The molecule has 6 heteroatoms. The number of aromatic nitrogens is 1. The van der Waals surface area contributed by atoms with E-state index in [9.17, 15) is 9.59 Å². The lowest BCUT2D eigenvalue weighted by molar-refractivity contribution is 0.0950. The van der Waals surface area contributed by atoms with Crippen LogP contribution in [0, 0.1) is 12.8 Å². The van der Waals surface area contributed by atoms with Crippen molar-refractivity contribution in [3.8, 4) is 10.6 Å². The molecule has 1 heterocycles. The molecular weight excluding hydrogens is 370 g/mol. The van der Waals surface area contributed by atoms with E-state index in [0.717, 1.165) is 10.6 Å². The summed E-state index contributed by atoms with van der Waals surface area (Å²) in [4.78, 5) is 30.4. The first-order valence-corrected chi connectivity index (χ1v) is 9.98. The number of rotatable bonds is 6. The van der Waals surface area contributed by atoms with E-state index in [2.05, 4.69) is 15.6 Å². The fourth-order valence-corrected chi connectivity index (χ4v) is 3.64. The SMILES string of the molecule is Cc1nc(-c2ccccc2)sc1C(=O)Nc1ccccc1C(=O)NCC(C)C. The van der Waals surface area contributed by atoms with Crippen LogP contribution < -0.4 is 10.6 Å². The van der Waals surface area contributed by atoms with Gasteiger partial charge in [0.25, 0.3) is 11.8 Å². The van der Waals surface area contributed by atoms with Crippen LogP contribution >= 0.6 is 11.3 Å². The van der Waals surface area contributed by atoms with Crippen LogP contribution in [-0.4, -0.2) is 23.3 Å². The maximum Gasteiger partial charge on any atom is 0.267 e. The van der Waals surface area contributed by atoms with Crippen molar-refractivity contribution in [3.63, 3.8) is 0 Å². The highest BCUT2D eigenvalue weighted by atomic mass is 32.1. The van der Waals surface area contributed by atoms with Gasteiger partial charge in [0.05, 0.1) is 16.9 Å². The van der Waals surface area contributed by atoms with Gasteiger partial charge < -0.3 is 10.6 Å². The first-order valence-electron chi connectivity index (χ1n) is 9.17. The van der Waals surface area contributed by atoms with Gasteiger partial charge in [-0.15, -0.1) is 11.3 Å². The van der Waals surface area contributed by atoms with E-state index in [1.54, 1.807) is 24.3 Å². The van der Waals surface area contributed by atoms with Gasteiger partial charge in [-0.1, -0.05) is 56.3 Å². The van der Waals surface area contributed by atoms with Crippen LogP contribution in [0.15, 0.2) is 54.6 Å². The maximum atomic E-state index is 12.8. The molecule has 28 heavy (non-hydrogen) atoms. The summed E-state index contributed by atoms with van der Waals surface area (Å²) in [6, 6.07) is 16.8. The molecule has 2 amide bonds. The molecular formula is C22H23N3O2S. The Morgan fingerprint density at radius 2 is 1.68 bits per heavy atom. The molecule has 0 spiro atoms. The molecule has 0 atom stereocenters. The summed E-state index contributed by atoms with van der Waals surface area (Å²) in [5.74, 6) is -0.112. The molecule has 0 aliphatic rings. The smallest absolute Gasteiger partial charge is 0.267 e. The van der Waals surface area contributed by atoms with Gasteiger partial charge in [0.2, 0.25) is 0 Å². The average molecular weight is 394 g/mol. The minimum absolute atomic E-state index is 0.199. The van der Waals surface area contributed by atoms with Crippen molar-refractivity contribution in [1.82, 2.24) is 10.3 Å². The van der Waals surface area contributed by atoms with Crippen LogP contribution in [0.1, 0.15) is 39.6 Å². The summed E-state index contributed by atoms with van der Waals surface area (Å²) in [7, 11) is 0. The number of carbonyl (C=O) groups excluding carboxylic acids is 2. The highest BCUT2D eigenvalue weighted by Gasteiger charge is 2.19. The van der Waals surface area contributed by atoms with Crippen molar-refractivity contribution in [1.29, 1.82) is 0 Å². The van der Waals surface area contributed by atoms with Gasteiger partial charge in [-0.05, 0) is 25.0 Å². The number of amides is 2. The zero-order valence-electron chi connectivity index (χ0n) is 16.2. The Morgan fingerprint density at radius 1 is 1.00 bits per heavy atom. The fraction of sp³-hybridized carbons (Fsp3) is 0.227. The van der Waals surface area contributed by atoms with E-state index in [4.69, 9.17) is 0 Å². The quantitative estimate of drug-likeness (QED) is 0.634. The standard InChI is InChI=1S/C22H23N3O2S/c1-14(2)13-23-20(26)17-11-7-8-12-18(17)25-21(27)19-15(3)24-22(28-19)16-9-5-4-6-10-16/h4-12,14H,13H2,1-3H3,(H,23,26)(H,25,27). The van der Waals surface area contributed by atoms with E-state index in [1.807, 2.05) is 51.1 Å². The minimum Gasteiger partial charge on any atom is -0.352 e. The van der Waals surface area contributed by atoms with E-state index in [-0.39, 0.29) is 11.8 Å². The number of aryl methyl sites for hydroxylation is 1. The highest BCUT2D eigenvalue weighted by Crippen LogP contribution is 2.28. The highest BCUT2D eigenvalue weighted by molar-refractivity contribution is 7.17. The monoisotopic (exact) mass is 393 g/mol. The van der Waals surface area contributed by atoms with Crippen LogP contribution in [0.2, 0.25) is 0 Å². The number of anilines is 1. The second kappa shape index (κ2) is 8.80. The van der Waals surface area contributed by atoms with E-state index in [0.29, 0.717) is 34.3 Å². The minimum atomic E-state index is -0.263. The molecule has 0 unspecified atom stereocenters. The summed E-state index contributed by atoms with van der Waals surface area (Å²) >= 11 is 1.34. The first kappa shape index (κ1) is 19.8. The van der Waals surface area contributed by atoms with E-state index in [1.165, 1.54) is 11.3 Å². The van der Waals surface area contributed by atoms with Crippen molar-refractivity contribution in [3.05, 3.63) is 70.7 Å². The van der Waals surface area contributed by atoms with Gasteiger partial charge in [-0.2, -0.15) is 0 Å². The Hall–Kier alpha value is -2.99. The number of para-hydroxylation sites is 1. The molecule has 2 N–H and O–H groups in total. The number of benzene rings is 2. The molecule has 0 radical (unpaired) electrons. The third kappa shape index (κ3) is 4.64. The second-order valence-electron chi connectivity index (χ2n) is 6.90. The van der Waals surface area contributed by atoms with Crippen molar-refractivity contribution in [2.24, 2.45) is 5.92 Å². The number of thiazole rings is 1. The molecule has 0 saturated carbocycles. The number of carbonyl (C=O) groups is 2. The molecule has 0 aliphatic carbocycles. The lowest BCUT2D eigenvalue weighted by Crippen LogP contribution is -2.28. The zero-order valence-corrected chi connectivity index (χ0v) is 17.0. The van der Waals surface area contributed by atoms with Gasteiger partial charge in [-0.3, -0.25) is 9.59 Å². The molecule has 3 rings (SSSR count). The predicted molar refractivity (Wildman–Crippen MR) is 114 cm³/mol. The number of nitrogens with one attached hydrogen (secondary N) is 2. The van der Waals surface area contributed by atoms with Crippen molar-refractivity contribution in [2.45, 2.75) is 20.8 Å². The number of hydrogen-bond acceptors (Lipinski definition) is 4. The lowest BCUT2D eigenvalue weighted by atomic mass is 10.1. The largest absolute Gasteiger partial charge is 0.352 e. The summed E-state index contributed by atoms with van der Waals surface area (Å²) in [5, 5.41) is 6.56. The lowest BCUT2D eigenvalue weighted by Gasteiger charge is -2.12. The van der Waals surface area contributed by atoms with Gasteiger partial charge in [0.15, 0.2) is 0 Å². The normalized spacial score (nSPS) is 10.7. The molecule has 0 aliphatic heterocycles. The fourth-order valence-electron chi connectivity index (χ4n) is 2.67. The molecule has 1 aromatic heterocycles. The summed E-state index contributed by atoms with van der Waals surface area (Å²) < 4.78 is 0.